The number of benzene rings is 1. The maximum absolute atomic E-state index is 6.08. The van der Waals surface area contributed by atoms with Crippen molar-refractivity contribution in [2.45, 2.75) is 25.9 Å². The number of nitrogens with two attached hydrogens (primary N) is 1. The smallest absolute Gasteiger partial charge is 0.203 e. The molecule has 0 bridgehead atoms. The number of rotatable bonds is 5. The summed E-state index contributed by atoms with van der Waals surface area (Å²) in [5.74, 6) is 2.57. The molecular formula is C16H27ClN2O3. The van der Waals surface area contributed by atoms with Crippen LogP contribution in [-0.2, 0) is 6.54 Å². The topological polar surface area (TPSA) is 57.0 Å². The first-order valence-electron chi connectivity index (χ1n) is 7.35. The highest BCUT2D eigenvalue weighted by Crippen LogP contribution is 2.38. The van der Waals surface area contributed by atoms with Gasteiger partial charge in [0, 0.05) is 19.1 Å². The summed E-state index contributed by atoms with van der Waals surface area (Å²) in [6.45, 7) is 5.14. The summed E-state index contributed by atoms with van der Waals surface area (Å²) in [5, 5.41) is 0. The summed E-state index contributed by atoms with van der Waals surface area (Å²) in [6.07, 6.45) is 1.05. The van der Waals surface area contributed by atoms with Gasteiger partial charge in [-0.25, -0.2) is 0 Å². The van der Waals surface area contributed by atoms with Crippen molar-refractivity contribution in [2.75, 3.05) is 34.4 Å². The lowest BCUT2D eigenvalue weighted by Gasteiger charge is -2.35. The fraction of sp³-hybridized carbons (Fsp3) is 0.625. The first kappa shape index (κ1) is 18.9. The van der Waals surface area contributed by atoms with E-state index in [4.69, 9.17) is 19.9 Å². The van der Waals surface area contributed by atoms with Gasteiger partial charge in [-0.1, -0.05) is 6.92 Å². The number of likely N-dealkylation sites (tertiary alicyclic amines) is 1. The molecule has 0 amide bonds. The van der Waals surface area contributed by atoms with E-state index in [1.54, 1.807) is 21.3 Å². The highest BCUT2D eigenvalue weighted by molar-refractivity contribution is 5.85. The van der Waals surface area contributed by atoms with Gasteiger partial charge < -0.3 is 19.9 Å². The van der Waals surface area contributed by atoms with Gasteiger partial charge >= 0.3 is 0 Å². The maximum Gasteiger partial charge on any atom is 0.203 e. The number of methoxy groups -OCH3 is 3. The molecule has 1 aromatic rings. The average Bonchev–Trinajstić information content (AvgIpc) is 2.49. The van der Waals surface area contributed by atoms with Crippen LogP contribution in [0.5, 0.6) is 17.2 Å². The van der Waals surface area contributed by atoms with E-state index in [1.165, 1.54) is 0 Å². The van der Waals surface area contributed by atoms with E-state index in [1.807, 2.05) is 12.1 Å². The van der Waals surface area contributed by atoms with E-state index in [0.717, 1.165) is 31.6 Å². The molecule has 1 heterocycles. The van der Waals surface area contributed by atoms with Crippen molar-refractivity contribution in [2.24, 2.45) is 11.7 Å². The number of piperidine rings is 1. The molecule has 0 radical (unpaired) electrons. The summed E-state index contributed by atoms with van der Waals surface area (Å²) in [5.41, 5.74) is 7.24. The minimum Gasteiger partial charge on any atom is -0.493 e. The zero-order valence-corrected chi connectivity index (χ0v) is 14.6. The second-order valence-corrected chi connectivity index (χ2v) is 5.70. The Balaban J connectivity index is 0.00000242. The number of nitrogens with zero attached hydrogens (tertiary/aromatic N) is 1. The van der Waals surface area contributed by atoms with Crippen LogP contribution in [0.4, 0.5) is 0 Å². The van der Waals surface area contributed by atoms with Crippen LogP contribution in [-0.4, -0.2) is 45.4 Å². The summed E-state index contributed by atoms with van der Waals surface area (Å²) < 4.78 is 16.2. The Morgan fingerprint density at radius 3 is 2.18 bits per heavy atom. The maximum atomic E-state index is 6.08. The van der Waals surface area contributed by atoms with E-state index in [0.29, 0.717) is 29.2 Å². The van der Waals surface area contributed by atoms with Crippen LogP contribution in [0.1, 0.15) is 18.9 Å². The standard InChI is InChI=1S/C16H26N2O3.ClH/c1-11-9-18(6-5-13(11)17)10-12-7-14(19-2)16(21-4)15(8-12)20-3;/h7-8,11,13H,5-6,9-10,17H2,1-4H3;1H. The van der Waals surface area contributed by atoms with Crippen LogP contribution in [0.2, 0.25) is 0 Å². The zero-order valence-electron chi connectivity index (χ0n) is 13.8. The monoisotopic (exact) mass is 330 g/mol. The van der Waals surface area contributed by atoms with E-state index in [-0.39, 0.29) is 12.4 Å². The van der Waals surface area contributed by atoms with Gasteiger partial charge in [0.2, 0.25) is 5.75 Å². The molecule has 2 N–H and O–H groups in total. The molecule has 2 unspecified atom stereocenters. The van der Waals surface area contributed by atoms with E-state index >= 15 is 0 Å². The molecule has 6 heteroatoms. The van der Waals surface area contributed by atoms with Crippen molar-refractivity contribution in [3.8, 4) is 17.2 Å². The van der Waals surface area contributed by atoms with Crippen molar-refractivity contribution < 1.29 is 14.2 Å². The molecule has 1 aliphatic rings. The van der Waals surface area contributed by atoms with Gasteiger partial charge in [-0.05, 0) is 36.6 Å². The summed E-state index contributed by atoms with van der Waals surface area (Å²) in [6, 6.07) is 4.35. The molecule has 1 fully saturated rings. The number of ether oxygens (including phenoxy) is 3. The van der Waals surface area contributed by atoms with E-state index in [9.17, 15) is 0 Å². The van der Waals surface area contributed by atoms with Crippen LogP contribution in [0.3, 0.4) is 0 Å². The van der Waals surface area contributed by atoms with Gasteiger partial charge in [-0.15, -0.1) is 12.4 Å². The van der Waals surface area contributed by atoms with Crippen molar-refractivity contribution >= 4 is 12.4 Å². The normalized spacial score (nSPS) is 21.9. The minimum atomic E-state index is 0. The molecule has 126 valence electrons. The fourth-order valence-corrected chi connectivity index (χ4v) is 2.88. The molecule has 1 aliphatic heterocycles. The van der Waals surface area contributed by atoms with Crippen molar-refractivity contribution in [3.63, 3.8) is 0 Å². The van der Waals surface area contributed by atoms with Crippen LogP contribution in [0.25, 0.3) is 0 Å². The molecule has 1 aromatic carbocycles. The minimum absolute atomic E-state index is 0. The first-order valence-corrected chi connectivity index (χ1v) is 7.35. The Kier molecular flexibility index (Phi) is 7.26. The Morgan fingerprint density at radius 1 is 1.14 bits per heavy atom. The summed E-state index contributed by atoms with van der Waals surface area (Å²) >= 11 is 0. The zero-order chi connectivity index (χ0) is 15.4. The van der Waals surface area contributed by atoms with E-state index < -0.39 is 0 Å². The van der Waals surface area contributed by atoms with Crippen LogP contribution >= 0.6 is 12.4 Å². The molecule has 2 atom stereocenters. The third kappa shape index (κ3) is 4.18. The first-order chi connectivity index (χ1) is 10.1. The van der Waals surface area contributed by atoms with Gasteiger partial charge in [0.1, 0.15) is 0 Å². The lowest BCUT2D eigenvalue weighted by Crippen LogP contribution is -2.45. The quantitative estimate of drug-likeness (QED) is 0.897. The average molecular weight is 331 g/mol. The van der Waals surface area contributed by atoms with Crippen molar-refractivity contribution in [3.05, 3.63) is 17.7 Å². The van der Waals surface area contributed by atoms with Gasteiger partial charge in [0.05, 0.1) is 21.3 Å². The summed E-state index contributed by atoms with van der Waals surface area (Å²) in [4.78, 5) is 2.43. The molecule has 1 saturated heterocycles. The molecular weight excluding hydrogens is 304 g/mol. The Labute approximate surface area is 139 Å². The fourth-order valence-electron chi connectivity index (χ4n) is 2.88. The number of halogens is 1. The Morgan fingerprint density at radius 2 is 1.73 bits per heavy atom. The number of hydrogen-bond acceptors (Lipinski definition) is 5. The van der Waals surface area contributed by atoms with Gasteiger partial charge in [0.25, 0.3) is 0 Å². The van der Waals surface area contributed by atoms with Gasteiger partial charge in [0.15, 0.2) is 11.5 Å². The molecule has 0 spiro atoms. The van der Waals surface area contributed by atoms with Crippen LogP contribution < -0.4 is 19.9 Å². The molecule has 0 aliphatic carbocycles. The highest BCUT2D eigenvalue weighted by atomic mass is 35.5. The van der Waals surface area contributed by atoms with Gasteiger partial charge in [-0.3, -0.25) is 4.90 Å². The van der Waals surface area contributed by atoms with Crippen LogP contribution in [0, 0.1) is 5.92 Å². The third-order valence-electron chi connectivity index (χ3n) is 4.19. The molecule has 5 nitrogen and oxygen atoms in total. The van der Waals surface area contributed by atoms with E-state index in [2.05, 4.69) is 11.8 Å². The SMILES string of the molecule is COc1cc(CN2CCC(N)C(C)C2)cc(OC)c1OC.Cl. The Bertz CT molecular complexity index is 459. The van der Waals surface area contributed by atoms with Crippen LogP contribution in [0.15, 0.2) is 12.1 Å². The van der Waals surface area contributed by atoms with Gasteiger partial charge in [-0.2, -0.15) is 0 Å². The Hall–Kier alpha value is -1.17. The second kappa shape index (κ2) is 8.46. The molecule has 2 rings (SSSR count). The lowest BCUT2D eigenvalue weighted by atomic mass is 9.94. The van der Waals surface area contributed by atoms with Crippen molar-refractivity contribution in [1.82, 2.24) is 4.90 Å². The molecule has 0 aromatic heterocycles. The largest absolute Gasteiger partial charge is 0.493 e. The lowest BCUT2D eigenvalue weighted by molar-refractivity contribution is 0.157. The number of hydrogen-bond donors (Lipinski definition) is 1. The van der Waals surface area contributed by atoms with Crippen molar-refractivity contribution in [1.29, 1.82) is 0 Å². The summed E-state index contributed by atoms with van der Waals surface area (Å²) in [7, 11) is 4.90. The molecule has 22 heavy (non-hydrogen) atoms. The second-order valence-electron chi connectivity index (χ2n) is 5.70. The predicted octanol–water partition coefficient (Wildman–Crippen LogP) is 2.30. The highest BCUT2D eigenvalue weighted by Gasteiger charge is 2.23. The predicted molar refractivity (Wildman–Crippen MR) is 90.4 cm³/mol. The third-order valence-corrected chi connectivity index (χ3v) is 4.19. The molecule has 0 saturated carbocycles.